The van der Waals surface area contributed by atoms with Crippen LogP contribution in [0.5, 0.6) is 5.75 Å². The highest BCUT2D eigenvalue weighted by molar-refractivity contribution is 5.26. The first kappa shape index (κ1) is 12.4. The van der Waals surface area contributed by atoms with Crippen LogP contribution >= 0.6 is 0 Å². The minimum Gasteiger partial charge on any atom is -0.465 e. The molecule has 1 aromatic rings. The van der Waals surface area contributed by atoms with Crippen molar-refractivity contribution in [2.75, 3.05) is 0 Å². The van der Waals surface area contributed by atoms with Crippen molar-refractivity contribution in [3.63, 3.8) is 0 Å². The van der Waals surface area contributed by atoms with Crippen LogP contribution in [0.25, 0.3) is 0 Å². The first-order chi connectivity index (χ1) is 8.24. The molecule has 1 unspecified atom stereocenters. The fraction of sp³-hybridized carbons (Fsp3) is 0.600. The number of hydrogen-bond donors (Lipinski definition) is 0. The zero-order valence-corrected chi connectivity index (χ0v) is 10.8. The molecule has 1 fully saturated rings. The summed E-state index contributed by atoms with van der Waals surface area (Å²) in [5.74, 6) is 0.888. The Bertz CT molecular complexity index is 325. The lowest BCUT2D eigenvalue weighted by molar-refractivity contribution is -0.116. The summed E-state index contributed by atoms with van der Waals surface area (Å²) in [5, 5.41) is 0. The summed E-state index contributed by atoms with van der Waals surface area (Å²) in [7, 11) is 0. The van der Waals surface area contributed by atoms with Crippen LogP contribution in [-0.2, 0) is 4.74 Å². The first-order valence-corrected chi connectivity index (χ1v) is 6.63. The monoisotopic (exact) mass is 234 g/mol. The van der Waals surface area contributed by atoms with E-state index in [1.807, 2.05) is 19.1 Å². The van der Waals surface area contributed by atoms with Crippen LogP contribution < -0.4 is 4.74 Å². The second-order valence-electron chi connectivity index (χ2n) is 4.89. The SMILES string of the molecule is Cc1ccc(OC(C)OC2CCCCC2)cc1. The predicted octanol–water partition coefficient (Wildman–Crippen LogP) is 4.07. The minimum absolute atomic E-state index is 0.152. The van der Waals surface area contributed by atoms with Gasteiger partial charge in [-0.25, -0.2) is 0 Å². The smallest absolute Gasteiger partial charge is 0.197 e. The third-order valence-corrected chi connectivity index (χ3v) is 3.26. The molecule has 1 aliphatic rings. The Labute approximate surface area is 104 Å². The number of aryl methyl sites for hydroxylation is 1. The topological polar surface area (TPSA) is 18.5 Å². The standard InChI is InChI=1S/C15H22O2/c1-12-8-10-15(11-9-12)17-13(2)16-14-6-4-3-5-7-14/h8-11,13-14H,3-7H2,1-2H3. The summed E-state index contributed by atoms with van der Waals surface area (Å²) >= 11 is 0. The molecule has 2 rings (SSSR count). The van der Waals surface area contributed by atoms with Crippen molar-refractivity contribution in [2.24, 2.45) is 0 Å². The Morgan fingerprint density at radius 1 is 1.06 bits per heavy atom. The zero-order valence-electron chi connectivity index (χ0n) is 10.8. The van der Waals surface area contributed by atoms with Crippen LogP contribution in [0, 0.1) is 6.92 Å². The van der Waals surface area contributed by atoms with Crippen molar-refractivity contribution in [3.8, 4) is 5.75 Å². The van der Waals surface area contributed by atoms with E-state index < -0.39 is 0 Å². The van der Waals surface area contributed by atoms with Crippen LogP contribution in [0.15, 0.2) is 24.3 Å². The van der Waals surface area contributed by atoms with Crippen LogP contribution in [0.1, 0.15) is 44.6 Å². The number of hydrogen-bond acceptors (Lipinski definition) is 2. The van der Waals surface area contributed by atoms with Gasteiger partial charge in [0.15, 0.2) is 6.29 Å². The molecule has 0 heterocycles. The molecule has 1 aromatic carbocycles. The van der Waals surface area contributed by atoms with Crippen molar-refractivity contribution in [3.05, 3.63) is 29.8 Å². The molecule has 0 spiro atoms. The maximum absolute atomic E-state index is 5.90. The van der Waals surface area contributed by atoms with Gasteiger partial charge in [-0.2, -0.15) is 0 Å². The Morgan fingerprint density at radius 2 is 1.71 bits per heavy atom. The highest BCUT2D eigenvalue weighted by Crippen LogP contribution is 2.22. The summed E-state index contributed by atoms with van der Waals surface area (Å²) in [6, 6.07) is 8.11. The second-order valence-corrected chi connectivity index (χ2v) is 4.89. The molecule has 0 amide bonds. The molecule has 94 valence electrons. The molecule has 1 atom stereocenters. The molecule has 0 saturated heterocycles. The molecule has 0 aromatic heterocycles. The van der Waals surface area contributed by atoms with E-state index >= 15 is 0 Å². The van der Waals surface area contributed by atoms with Gasteiger partial charge in [-0.3, -0.25) is 0 Å². The number of benzene rings is 1. The molecule has 0 bridgehead atoms. The first-order valence-electron chi connectivity index (χ1n) is 6.63. The van der Waals surface area contributed by atoms with Gasteiger partial charge in [-0.15, -0.1) is 0 Å². The average Bonchev–Trinajstić information content (AvgIpc) is 2.33. The van der Waals surface area contributed by atoms with Gasteiger partial charge in [-0.1, -0.05) is 37.0 Å². The third-order valence-electron chi connectivity index (χ3n) is 3.26. The molecule has 1 saturated carbocycles. The summed E-state index contributed by atoms with van der Waals surface area (Å²) in [6.07, 6.45) is 6.55. The van der Waals surface area contributed by atoms with Gasteiger partial charge in [0, 0.05) is 0 Å². The van der Waals surface area contributed by atoms with Gasteiger partial charge in [0.05, 0.1) is 6.10 Å². The molecule has 2 nitrogen and oxygen atoms in total. The highest BCUT2D eigenvalue weighted by atomic mass is 16.7. The number of ether oxygens (including phenoxy) is 2. The highest BCUT2D eigenvalue weighted by Gasteiger charge is 2.17. The van der Waals surface area contributed by atoms with E-state index in [1.165, 1.54) is 37.7 Å². The normalized spacial score (nSPS) is 18.9. The van der Waals surface area contributed by atoms with E-state index in [0.29, 0.717) is 6.10 Å². The van der Waals surface area contributed by atoms with Crippen LogP contribution in [-0.4, -0.2) is 12.4 Å². The van der Waals surface area contributed by atoms with Gasteiger partial charge in [0.2, 0.25) is 0 Å². The van der Waals surface area contributed by atoms with Gasteiger partial charge in [-0.05, 0) is 38.8 Å². The molecule has 17 heavy (non-hydrogen) atoms. The third kappa shape index (κ3) is 4.04. The summed E-state index contributed by atoms with van der Waals surface area (Å²) < 4.78 is 11.7. The Balaban J connectivity index is 1.79. The molecular weight excluding hydrogens is 212 g/mol. The lowest BCUT2D eigenvalue weighted by Gasteiger charge is -2.26. The zero-order chi connectivity index (χ0) is 12.1. The van der Waals surface area contributed by atoms with Crippen molar-refractivity contribution in [1.29, 1.82) is 0 Å². The molecule has 1 aliphatic carbocycles. The van der Waals surface area contributed by atoms with E-state index in [9.17, 15) is 0 Å². The lowest BCUT2D eigenvalue weighted by Crippen LogP contribution is -2.26. The van der Waals surface area contributed by atoms with E-state index in [1.54, 1.807) is 0 Å². The minimum atomic E-state index is -0.152. The summed E-state index contributed by atoms with van der Waals surface area (Å²) in [5.41, 5.74) is 1.25. The van der Waals surface area contributed by atoms with E-state index in [-0.39, 0.29) is 6.29 Å². The lowest BCUT2D eigenvalue weighted by atomic mass is 9.98. The van der Waals surface area contributed by atoms with Crippen LogP contribution in [0.4, 0.5) is 0 Å². The quantitative estimate of drug-likeness (QED) is 0.731. The second kappa shape index (κ2) is 6.06. The largest absolute Gasteiger partial charge is 0.465 e. The number of rotatable bonds is 4. The Hall–Kier alpha value is -1.02. The van der Waals surface area contributed by atoms with Crippen molar-refractivity contribution in [1.82, 2.24) is 0 Å². The fourth-order valence-corrected chi connectivity index (χ4v) is 2.31. The maximum Gasteiger partial charge on any atom is 0.197 e. The molecular formula is C15H22O2. The van der Waals surface area contributed by atoms with Crippen LogP contribution in [0.3, 0.4) is 0 Å². The van der Waals surface area contributed by atoms with Gasteiger partial charge in [0.25, 0.3) is 0 Å². The van der Waals surface area contributed by atoms with E-state index in [0.717, 1.165) is 5.75 Å². The molecule has 0 radical (unpaired) electrons. The fourth-order valence-electron chi connectivity index (χ4n) is 2.31. The average molecular weight is 234 g/mol. The van der Waals surface area contributed by atoms with E-state index in [4.69, 9.17) is 9.47 Å². The molecule has 2 heteroatoms. The van der Waals surface area contributed by atoms with Gasteiger partial charge < -0.3 is 9.47 Å². The van der Waals surface area contributed by atoms with Crippen molar-refractivity contribution in [2.45, 2.75) is 58.3 Å². The Kier molecular flexibility index (Phi) is 4.43. The summed E-state index contributed by atoms with van der Waals surface area (Å²) in [4.78, 5) is 0. The Morgan fingerprint density at radius 3 is 2.35 bits per heavy atom. The maximum atomic E-state index is 5.90. The predicted molar refractivity (Wildman–Crippen MR) is 69.2 cm³/mol. The molecule has 0 aliphatic heterocycles. The van der Waals surface area contributed by atoms with Crippen molar-refractivity contribution < 1.29 is 9.47 Å². The molecule has 0 N–H and O–H groups in total. The van der Waals surface area contributed by atoms with Gasteiger partial charge >= 0.3 is 0 Å². The van der Waals surface area contributed by atoms with E-state index in [2.05, 4.69) is 19.1 Å². The van der Waals surface area contributed by atoms with Crippen molar-refractivity contribution >= 4 is 0 Å². The van der Waals surface area contributed by atoms with Gasteiger partial charge in [0.1, 0.15) is 5.75 Å². The summed E-state index contributed by atoms with van der Waals surface area (Å²) in [6.45, 7) is 4.06. The van der Waals surface area contributed by atoms with Crippen LogP contribution in [0.2, 0.25) is 0 Å².